The topological polar surface area (TPSA) is 47.3 Å². The summed E-state index contributed by atoms with van der Waals surface area (Å²) in [6.07, 6.45) is 2.08. The van der Waals surface area contributed by atoms with Gasteiger partial charge >= 0.3 is 0 Å². The molecule has 1 rings (SSSR count). The van der Waals surface area contributed by atoms with Gasteiger partial charge in [0.1, 0.15) is 0 Å². The summed E-state index contributed by atoms with van der Waals surface area (Å²) in [5.41, 5.74) is 8.30. The van der Waals surface area contributed by atoms with E-state index >= 15 is 0 Å². The predicted molar refractivity (Wildman–Crippen MR) is 86.0 cm³/mol. The Labute approximate surface area is 123 Å². The van der Waals surface area contributed by atoms with E-state index in [1.165, 1.54) is 11.1 Å². The maximum absolute atomic E-state index is 5.59. The Hall–Kier alpha value is -0.900. The lowest BCUT2D eigenvalue weighted by atomic mass is 9.99. The molecule has 3 heteroatoms. The number of methoxy groups -OCH3 is 1. The Balaban J connectivity index is 2.60. The summed E-state index contributed by atoms with van der Waals surface area (Å²) in [4.78, 5) is 0. The van der Waals surface area contributed by atoms with E-state index in [9.17, 15) is 0 Å². The largest absolute Gasteiger partial charge is 0.383 e. The highest BCUT2D eigenvalue weighted by Gasteiger charge is 2.13. The molecule has 0 heterocycles. The minimum atomic E-state index is 0.328. The average Bonchev–Trinajstić information content (AvgIpc) is 2.45. The van der Waals surface area contributed by atoms with Crippen LogP contribution in [0.2, 0.25) is 0 Å². The number of benzene rings is 1. The molecule has 3 N–H and O–H groups in total. The van der Waals surface area contributed by atoms with Crippen LogP contribution in [0, 0.1) is 0 Å². The molecule has 0 bridgehead atoms. The fraction of sp³-hybridized carbons (Fsp3) is 0.647. The minimum absolute atomic E-state index is 0.328. The molecule has 0 fully saturated rings. The maximum Gasteiger partial charge on any atom is 0.0616 e. The summed E-state index contributed by atoms with van der Waals surface area (Å²) in [5.74, 6) is 0.582. The molecule has 0 spiro atoms. The van der Waals surface area contributed by atoms with Crippen LogP contribution in [-0.2, 0) is 4.74 Å². The lowest BCUT2D eigenvalue weighted by Gasteiger charge is -2.23. The first-order valence-electron chi connectivity index (χ1n) is 7.63. The van der Waals surface area contributed by atoms with Crippen LogP contribution in [0.4, 0.5) is 0 Å². The molecule has 0 radical (unpaired) electrons. The molecule has 3 nitrogen and oxygen atoms in total. The molecule has 1 aromatic rings. The third-order valence-corrected chi connectivity index (χ3v) is 3.71. The fourth-order valence-electron chi connectivity index (χ4n) is 2.40. The molecule has 20 heavy (non-hydrogen) atoms. The van der Waals surface area contributed by atoms with Crippen molar-refractivity contribution >= 4 is 0 Å². The van der Waals surface area contributed by atoms with E-state index in [1.807, 2.05) is 0 Å². The molecule has 0 aromatic heterocycles. The van der Waals surface area contributed by atoms with Crippen LogP contribution in [0.5, 0.6) is 0 Å². The van der Waals surface area contributed by atoms with Crippen LogP contribution < -0.4 is 11.1 Å². The van der Waals surface area contributed by atoms with Gasteiger partial charge in [-0.05, 0) is 43.4 Å². The van der Waals surface area contributed by atoms with Crippen LogP contribution in [0.25, 0.3) is 0 Å². The molecular weight excluding hydrogens is 248 g/mol. The SMILES string of the molecule is COCC(CCCN)NC(C)c1ccc(C(C)C)cc1. The highest BCUT2D eigenvalue weighted by atomic mass is 16.5. The minimum Gasteiger partial charge on any atom is -0.383 e. The van der Waals surface area contributed by atoms with Crippen molar-refractivity contribution in [2.45, 2.75) is 51.6 Å². The van der Waals surface area contributed by atoms with Crippen LogP contribution >= 0.6 is 0 Å². The zero-order valence-corrected chi connectivity index (χ0v) is 13.4. The van der Waals surface area contributed by atoms with Crippen molar-refractivity contribution in [1.29, 1.82) is 0 Å². The van der Waals surface area contributed by atoms with E-state index in [2.05, 4.69) is 50.4 Å². The second kappa shape index (κ2) is 9.11. The van der Waals surface area contributed by atoms with Gasteiger partial charge in [0.15, 0.2) is 0 Å². The molecule has 114 valence electrons. The Morgan fingerprint density at radius 1 is 1.10 bits per heavy atom. The van der Waals surface area contributed by atoms with Crippen LogP contribution in [0.15, 0.2) is 24.3 Å². The number of hydrogen-bond donors (Lipinski definition) is 2. The van der Waals surface area contributed by atoms with Gasteiger partial charge in [-0.15, -0.1) is 0 Å². The molecule has 0 saturated heterocycles. The Bertz CT molecular complexity index is 362. The standard InChI is InChI=1S/C17H30N2O/c1-13(2)15-7-9-16(10-8-15)14(3)19-17(12-20-4)6-5-11-18/h7-10,13-14,17,19H,5-6,11-12,18H2,1-4H3. The average molecular weight is 278 g/mol. The number of nitrogens with one attached hydrogen (secondary N) is 1. The second-order valence-corrected chi connectivity index (χ2v) is 5.79. The van der Waals surface area contributed by atoms with Gasteiger partial charge in [0.2, 0.25) is 0 Å². The van der Waals surface area contributed by atoms with Gasteiger partial charge in [-0.3, -0.25) is 0 Å². The van der Waals surface area contributed by atoms with Crippen molar-refractivity contribution in [3.05, 3.63) is 35.4 Å². The Morgan fingerprint density at radius 3 is 2.20 bits per heavy atom. The van der Waals surface area contributed by atoms with Gasteiger partial charge in [0.25, 0.3) is 0 Å². The predicted octanol–water partition coefficient (Wildman–Crippen LogP) is 3.21. The van der Waals surface area contributed by atoms with Crippen molar-refractivity contribution in [1.82, 2.24) is 5.32 Å². The van der Waals surface area contributed by atoms with Crippen LogP contribution in [0.3, 0.4) is 0 Å². The summed E-state index contributed by atoms with van der Waals surface area (Å²) >= 11 is 0. The smallest absolute Gasteiger partial charge is 0.0616 e. The van der Waals surface area contributed by atoms with E-state index < -0.39 is 0 Å². The first-order chi connectivity index (χ1) is 9.58. The van der Waals surface area contributed by atoms with E-state index in [0.29, 0.717) is 18.0 Å². The first kappa shape index (κ1) is 17.2. The molecule has 0 aliphatic carbocycles. The van der Waals surface area contributed by atoms with Gasteiger partial charge in [-0.25, -0.2) is 0 Å². The molecule has 0 aliphatic rings. The van der Waals surface area contributed by atoms with Crippen molar-refractivity contribution < 1.29 is 4.74 Å². The van der Waals surface area contributed by atoms with E-state index in [-0.39, 0.29) is 0 Å². The molecular formula is C17H30N2O. The third kappa shape index (κ3) is 5.61. The van der Waals surface area contributed by atoms with Gasteiger partial charge in [-0.1, -0.05) is 38.1 Å². The van der Waals surface area contributed by atoms with Gasteiger partial charge in [0.05, 0.1) is 6.61 Å². The van der Waals surface area contributed by atoms with E-state index in [4.69, 9.17) is 10.5 Å². The lowest BCUT2D eigenvalue weighted by Crippen LogP contribution is -2.35. The molecule has 2 unspecified atom stereocenters. The Morgan fingerprint density at radius 2 is 1.70 bits per heavy atom. The number of hydrogen-bond acceptors (Lipinski definition) is 3. The summed E-state index contributed by atoms with van der Waals surface area (Å²) in [7, 11) is 1.75. The molecule has 0 amide bonds. The number of ether oxygens (including phenoxy) is 1. The summed E-state index contributed by atoms with van der Waals surface area (Å²) in [6.45, 7) is 8.11. The highest BCUT2D eigenvalue weighted by molar-refractivity contribution is 5.26. The van der Waals surface area contributed by atoms with Crippen molar-refractivity contribution in [3.8, 4) is 0 Å². The molecule has 2 atom stereocenters. The number of rotatable bonds is 9. The van der Waals surface area contributed by atoms with Crippen LogP contribution in [0.1, 0.15) is 56.7 Å². The zero-order valence-electron chi connectivity index (χ0n) is 13.4. The number of nitrogens with two attached hydrogens (primary N) is 1. The third-order valence-electron chi connectivity index (χ3n) is 3.71. The lowest BCUT2D eigenvalue weighted by molar-refractivity contribution is 0.156. The quantitative estimate of drug-likeness (QED) is 0.729. The van der Waals surface area contributed by atoms with Crippen molar-refractivity contribution in [2.75, 3.05) is 20.3 Å². The van der Waals surface area contributed by atoms with Gasteiger partial charge < -0.3 is 15.8 Å². The zero-order chi connectivity index (χ0) is 15.0. The molecule has 0 saturated carbocycles. The summed E-state index contributed by atoms with van der Waals surface area (Å²) in [5, 5.41) is 3.64. The highest BCUT2D eigenvalue weighted by Crippen LogP contribution is 2.19. The van der Waals surface area contributed by atoms with E-state index in [0.717, 1.165) is 26.0 Å². The summed E-state index contributed by atoms with van der Waals surface area (Å²) < 4.78 is 5.29. The molecule has 0 aliphatic heterocycles. The monoisotopic (exact) mass is 278 g/mol. The van der Waals surface area contributed by atoms with Gasteiger partial charge in [0, 0.05) is 19.2 Å². The summed E-state index contributed by atoms with van der Waals surface area (Å²) in [6, 6.07) is 9.59. The van der Waals surface area contributed by atoms with Crippen molar-refractivity contribution in [2.24, 2.45) is 5.73 Å². The second-order valence-electron chi connectivity index (χ2n) is 5.79. The van der Waals surface area contributed by atoms with Crippen molar-refractivity contribution in [3.63, 3.8) is 0 Å². The first-order valence-corrected chi connectivity index (χ1v) is 7.63. The molecule has 1 aromatic carbocycles. The van der Waals surface area contributed by atoms with E-state index in [1.54, 1.807) is 7.11 Å². The fourth-order valence-corrected chi connectivity index (χ4v) is 2.40. The normalized spacial score (nSPS) is 14.5. The van der Waals surface area contributed by atoms with Gasteiger partial charge in [-0.2, -0.15) is 0 Å². The maximum atomic E-state index is 5.59. The van der Waals surface area contributed by atoms with Crippen LogP contribution in [-0.4, -0.2) is 26.3 Å². The Kier molecular flexibility index (Phi) is 7.82.